The van der Waals surface area contributed by atoms with E-state index < -0.39 is 0 Å². The SMILES string of the molecule is O=c1c2ccccc2n(-c2ccccc2)c2c1c1ccccc1c1c2c(=O)c2ccccc2n1-c1ccccc1. The number of para-hydroxylation sites is 4. The largest absolute Gasteiger partial charge is 0.308 e. The normalized spacial score (nSPS) is 11.7. The van der Waals surface area contributed by atoms with Gasteiger partial charge in [-0.25, -0.2) is 0 Å². The van der Waals surface area contributed by atoms with Crippen LogP contribution in [0, 0.1) is 0 Å². The first-order chi connectivity index (χ1) is 19.7. The van der Waals surface area contributed by atoms with E-state index in [1.54, 1.807) is 0 Å². The lowest BCUT2D eigenvalue weighted by Crippen LogP contribution is -2.17. The number of hydrogen-bond acceptors (Lipinski definition) is 2. The summed E-state index contributed by atoms with van der Waals surface area (Å²) in [7, 11) is 0. The number of pyridine rings is 2. The Morgan fingerprint density at radius 3 is 1.30 bits per heavy atom. The van der Waals surface area contributed by atoms with E-state index in [0.29, 0.717) is 27.1 Å². The summed E-state index contributed by atoms with van der Waals surface area (Å²) in [5.74, 6) is 0. The lowest BCUT2D eigenvalue weighted by atomic mass is 9.95. The highest BCUT2D eigenvalue weighted by Gasteiger charge is 2.23. The first-order valence-corrected chi connectivity index (χ1v) is 13.3. The van der Waals surface area contributed by atoms with E-state index in [9.17, 15) is 9.59 Å². The Balaban J connectivity index is 1.82. The van der Waals surface area contributed by atoms with Gasteiger partial charge in [0, 0.05) is 27.5 Å². The summed E-state index contributed by atoms with van der Waals surface area (Å²) >= 11 is 0. The van der Waals surface area contributed by atoms with Crippen molar-refractivity contribution in [3.05, 3.63) is 154 Å². The van der Waals surface area contributed by atoms with Gasteiger partial charge >= 0.3 is 0 Å². The molecule has 4 heteroatoms. The van der Waals surface area contributed by atoms with E-state index in [1.807, 2.05) is 121 Å². The van der Waals surface area contributed by atoms with Gasteiger partial charge in [0.2, 0.25) is 0 Å². The summed E-state index contributed by atoms with van der Waals surface area (Å²) in [6.45, 7) is 0. The van der Waals surface area contributed by atoms with Gasteiger partial charge in [0.15, 0.2) is 10.9 Å². The minimum absolute atomic E-state index is 0.0744. The van der Waals surface area contributed by atoms with Crippen LogP contribution in [0.25, 0.3) is 65.8 Å². The Labute approximate surface area is 228 Å². The fourth-order valence-corrected chi connectivity index (χ4v) is 6.23. The van der Waals surface area contributed by atoms with Crippen molar-refractivity contribution in [1.29, 1.82) is 0 Å². The fourth-order valence-electron chi connectivity index (χ4n) is 6.23. The third kappa shape index (κ3) is 3.01. The van der Waals surface area contributed by atoms with Crippen molar-refractivity contribution in [3.63, 3.8) is 0 Å². The van der Waals surface area contributed by atoms with Crippen molar-refractivity contribution >= 4 is 54.4 Å². The van der Waals surface area contributed by atoms with Crippen LogP contribution in [0.15, 0.2) is 143 Å². The molecule has 0 bridgehead atoms. The zero-order chi connectivity index (χ0) is 26.8. The Bertz CT molecular complexity index is 2400. The van der Waals surface area contributed by atoms with E-state index in [4.69, 9.17) is 0 Å². The van der Waals surface area contributed by atoms with Crippen molar-refractivity contribution in [2.45, 2.75) is 0 Å². The van der Waals surface area contributed by atoms with Crippen molar-refractivity contribution in [1.82, 2.24) is 9.13 Å². The maximum atomic E-state index is 14.6. The predicted molar refractivity (Wildman–Crippen MR) is 165 cm³/mol. The Kier molecular flexibility index (Phi) is 4.79. The first-order valence-electron chi connectivity index (χ1n) is 13.3. The predicted octanol–water partition coefficient (Wildman–Crippen LogP) is 7.75. The van der Waals surface area contributed by atoms with Crippen LogP contribution in [-0.4, -0.2) is 9.13 Å². The molecule has 4 nitrogen and oxygen atoms in total. The average molecular weight is 515 g/mol. The summed E-state index contributed by atoms with van der Waals surface area (Å²) in [6, 6.07) is 43.4. The van der Waals surface area contributed by atoms with Gasteiger partial charge in [-0.05, 0) is 53.9 Å². The molecule has 2 heterocycles. The van der Waals surface area contributed by atoms with Gasteiger partial charge in [0.25, 0.3) is 0 Å². The molecule has 0 unspecified atom stereocenters. The highest BCUT2D eigenvalue weighted by Crippen LogP contribution is 2.38. The molecule has 0 saturated heterocycles. The molecule has 0 aliphatic rings. The van der Waals surface area contributed by atoms with Gasteiger partial charge in [-0.15, -0.1) is 0 Å². The zero-order valence-electron chi connectivity index (χ0n) is 21.4. The summed E-state index contributed by atoms with van der Waals surface area (Å²) < 4.78 is 4.26. The summed E-state index contributed by atoms with van der Waals surface area (Å²) in [5.41, 5.74) is 4.68. The molecule has 0 saturated carbocycles. The number of hydrogen-bond donors (Lipinski definition) is 0. The van der Waals surface area contributed by atoms with Crippen molar-refractivity contribution < 1.29 is 0 Å². The molecule has 0 fully saturated rings. The topological polar surface area (TPSA) is 44.0 Å². The van der Waals surface area contributed by atoms with Crippen LogP contribution in [0.5, 0.6) is 0 Å². The molecule has 0 spiro atoms. The highest BCUT2D eigenvalue weighted by molar-refractivity contribution is 6.26. The van der Waals surface area contributed by atoms with Crippen LogP contribution < -0.4 is 10.9 Å². The fraction of sp³-hybridized carbons (Fsp3) is 0. The average Bonchev–Trinajstić information content (AvgIpc) is 3.02. The standard InChI is InChI=1S/C36H22N2O2/c39-35-27-19-9-12-22-30(27)38(24-15-5-2-6-16-24)34-31(35)25-17-7-8-18-26(25)33-32(34)36(40)28-20-10-11-21-29(28)37(33)23-13-3-1-4-14-23/h1-22H. The molecule has 8 aromatic rings. The lowest BCUT2D eigenvalue weighted by molar-refractivity contribution is 1.15. The molecule has 2 aromatic heterocycles. The molecule has 0 N–H and O–H groups in total. The van der Waals surface area contributed by atoms with Crippen LogP contribution in [0.2, 0.25) is 0 Å². The zero-order valence-corrected chi connectivity index (χ0v) is 21.4. The van der Waals surface area contributed by atoms with Gasteiger partial charge in [0.1, 0.15) is 0 Å². The number of aromatic nitrogens is 2. The summed E-state index contributed by atoms with van der Waals surface area (Å²) in [4.78, 5) is 29.0. The van der Waals surface area contributed by atoms with Gasteiger partial charge in [-0.1, -0.05) is 84.9 Å². The number of nitrogens with zero attached hydrogens (tertiary/aromatic N) is 2. The molecule has 0 amide bonds. The van der Waals surface area contributed by atoms with Gasteiger partial charge < -0.3 is 9.13 Å². The number of rotatable bonds is 2. The molecule has 188 valence electrons. The van der Waals surface area contributed by atoms with E-state index in [2.05, 4.69) is 21.3 Å². The molecule has 0 atom stereocenters. The van der Waals surface area contributed by atoms with E-state index in [1.165, 1.54) is 0 Å². The van der Waals surface area contributed by atoms with Gasteiger partial charge in [-0.2, -0.15) is 0 Å². The Hall–Kier alpha value is -5.48. The minimum Gasteiger partial charge on any atom is -0.308 e. The maximum Gasteiger partial charge on any atom is 0.199 e. The van der Waals surface area contributed by atoms with E-state index in [0.717, 1.165) is 38.7 Å². The van der Waals surface area contributed by atoms with Crippen molar-refractivity contribution in [2.24, 2.45) is 0 Å². The van der Waals surface area contributed by atoms with Gasteiger partial charge in [-0.3, -0.25) is 9.59 Å². The second-order valence-corrected chi connectivity index (χ2v) is 10.0. The van der Waals surface area contributed by atoms with Crippen LogP contribution in [0.1, 0.15) is 0 Å². The molecule has 0 radical (unpaired) electrons. The molecule has 0 aliphatic carbocycles. The molecule has 6 aromatic carbocycles. The third-order valence-electron chi connectivity index (χ3n) is 7.87. The highest BCUT2D eigenvalue weighted by atomic mass is 16.1. The van der Waals surface area contributed by atoms with Crippen LogP contribution >= 0.6 is 0 Å². The molecule has 8 rings (SSSR count). The first kappa shape index (κ1) is 22.5. The minimum atomic E-state index is -0.0899. The third-order valence-corrected chi connectivity index (χ3v) is 7.87. The second-order valence-electron chi connectivity index (χ2n) is 10.0. The molecule has 40 heavy (non-hydrogen) atoms. The van der Waals surface area contributed by atoms with Gasteiger partial charge in [0.05, 0.1) is 32.8 Å². The van der Waals surface area contributed by atoms with Crippen LogP contribution in [-0.2, 0) is 0 Å². The quantitative estimate of drug-likeness (QED) is 0.175. The Morgan fingerprint density at radius 1 is 0.350 bits per heavy atom. The molecule has 0 aliphatic heterocycles. The number of benzene rings is 6. The summed E-state index contributed by atoms with van der Waals surface area (Å²) in [5, 5.41) is 4.00. The number of fused-ring (bicyclic) bond motifs is 8. The monoisotopic (exact) mass is 514 g/mol. The second kappa shape index (κ2) is 8.52. The van der Waals surface area contributed by atoms with Crippen LogP contribution in [0.4, 0.5) is 0 Å². The molecular weight excluding hydrogens is 492 g/mol. The Morgan fingerprint density at radius 2 is 0.750 bits per heavy atom. The van der Waals surface area contributed by atoms with Crippen molar-refractivity contribution in [3.8, 4) is 11.4 Å². The maximum absolute atomic E-state index is 14.6. The van der Waals surface area contributed by atoms with Crippen molar-refractivity contribution in [2.75, 3.05) is 0 Å². The molecular formula is C36H22N2O2. The summed E-state index contributed by atoms with van der Waals surface area (Å²) in [6.07, 6.45) is 0. The van der Waals surface area contributed by atoms with Crippen LogP contribution in [0.3, 0.4) is 0 Å². The smallest absolute Gasteiger partial charge is 0.199 e. The van der Waals surface area contributed by atoms with E-state index in [-0.39, 0.29) is 10.9 Å². The lowest BCUT2D eigenvalue weighted by Gasteiger charge is -2.22. The van der Waals surface area contributed by atoms with E-state index >= 15 is 0 Å².